The maximum Gasteiger partial charge on any atom is 0.254 e. The third kappa shape index (κ3) is 2.68. The molecule has 2 aromatic heterocycles. The van der Waals surface area contributed by atoms with Crippen LogP contribution >= 0.6 is 0 Å². The number of rotatable bonds is 4. The molecule has 6 nitrogen and oxygen atoms in total. The number of aryl methyl sites for hydroxylation is 1. The van der Waals surface area contributed by atoms with Crippen LogP contribution in [0.25, 0.3) is 5.78 Å². The third-order valence-corrected chi connectivity index (χ3v) is 4.61. The van der Waals surface area contributed by atoms with Gasteiger partial charge >= 0.3 is 0 Å². The Morgan fingerprint density at radius 2 is 1.92 bits per heavy atom. The van der Waals surface area contributed by atoms with Gasteiger partial charge in [0.05, 0.1) is 5.69 Å². The molecule has 4 rings (SSSR count). The summed E-state index contributed by atoms with van der Waals surface area (Å²) >= 11 is 0. The van der Waals surface area contributed by atoms with Gasteiger partial charge in [0.15, 0.2) is 0 Å². The number of nitrogens with zero attached hydrogens (tertiary/aromatic N) is 5. The standard InChI is InChI=1S/C18H22N6/c1-23(2)14-9-7-13(8-10-14)11-19-17-15-5-3-4-6-16(15)22-18-20-12-21-24(17)18/h7-10,12,19H,3-6,11H2,1-2H3. The van der Waals surface area contributed by atoms with Crippen LogP contribution in [0.4, 0.5) is 11.5 Å². The van der Waals surface area contributed by atoms with Gasteiger partial charge in [-0.2, -0.15) is 14.6 Å². The summed E-state index contributed by atoms with van der Waals surface area (Å²) in [6, 6.07) is 8.61. The van der Waals surface area contributed by atoms with Crippen LogP contribution in [-0.4, -0.2) is 33.7 Å². The lowest BCUT2D eigenvalue weighted by atomic mass is 9.96. The van der Waals surface area contributed by atoms with Gasteiger partial charge < -0.3 is 10.2 Å². The molecule has 0 fully saturated rings. The highest BCUT2D eigenvalue weighted by Gasteiger charge is 2.19. The van der Waals surface area contributed by atoms with Gasteiger partial charge in [-0.25, -0.2) is 4.98 Å². The van der Waals surface area contributed by atoms with Crippen LogP contribution < -0.4 is 10.2 Å². The third-order valence-electron chi connectivity index (χ3n) is 4.61. The molecule has 1 aliphatic carbocycles. The molecule has 0 radical (unpaired) electrons. The van der Waals surface area contributed by atoms with Gasteiger partial charge in [-0.15, -0.1) is 0 Å². The van der Waals surface area contributed by atoms with Gasteiger partial charge in [0.1, 0.15) is 12.1 Å². The zero-order valence-electron chi connectivity index (χ0n) is 14.2. The van der Waals surface area contributed by atoms with E-state index in [0.29, 0.717) is 5.78 Å². The Labute approximate surface area is 141 Å². The molecule has 3 aromatic rings. The Morgan fingerprint density at radius 3 is 2.71 bits per heavy atom. The lowest BCUT2D eigenvalue weighted by Gasteiger charge is -2.20. The highest BCUT2D eigenvalue weighted by atomic mass is 15.4. The van der Waals surface area contributed by atoms with Crippen LogP contribution in [0, 0.1) is 0 Å². The van der Waals surface area contributed by atoms with E-state index in [1.54, 1.807) is 6.33 Å². The topological polar surface area (TPSA) is 58.3 Å². The molecule has 6 heteroatoms. The Bertz CT molecular complexity index is 850. The first-order chi connectivity index (χ1) is 11.7. The zero-order chi connectivity index (χ0) is 16.5. The van der Waals surface area contributed by atoms with Crippen molar-refractivity contribution in [2.75, 3.05) is 24.3 Å². The molecule has 0 saturated carbocycles. The van der Waals surface area contributed by atoms with Crippen molar-refractivity contribution in [3.63, 3.8) is 0 Å². The largest absolute Gasteiger partial charge is 0.378 e. The maximum absolute atomic E-state index is 4.67. The van der Waals surface area contributed by atoms with Crippen molar-refractivity contribution in [2.45, 2.75) is 32.2 Å². The van der Waals surface area contributed by atoms with E-state index >= 15 is 0 Å². The van der Waals surface area contributed by atoms with Gasteiger partial charge in [-0.05, 0) is 43.4 Å². The fourth-order valence-electron chi connectivity index (χ4n) is 3.27. The van der Waals surface area contributed by atoms with Crippen molar-refractivity contribution in [2.24, 2.45) is 0 Å². The van der Waals surface area contributed by atoms with E-state index in [1.807, 2.05) is 4.52 Å². The summed E-state index contributed by atoms with van der Waals surface area (Å²) in [4.78, 5) is 11.0. The minimum atomic E-state index is 0.682. The molecule has 0 atom stereocenters. The van der Waals surface area contributed by atoms with Gasteiger partial charge in [0, 0.05) is 31.9 Å². The average Bonchev–Trinajstić information content (AvgIpc) is 3.07. The first kappa shape index (κ1) is 14.9. The predicted octanol–water partition coefficient (Wildman–Crippen LogP) is 2.68. The second-order valence-corrected chi connectivity index (χ2v) is 6.48. The highest BCUT2D eigenvalue weighted by Crippen LogP contribution is 2.27. The Morgan fingerprint density at radius 1 is 1.12 bits per heavy atom. The van der Waals surface area contributed by atoms with Gasteiger partial charge in [-0.1, -0.05) is 12.1 Å². The number of anilines is 2. The van der Waals surface area contributed by atoms with Crippen molar-refractivity contribution < 1.29 is 0 Å². The first-order valence-corrected chi connectivity index (χ1v) is 8.44. The van der Waals surface area contributed by atoms with Crippen molar-refractivity contribution in [1.82, 2.24) is 19.6 Å². The fourth-order valence-corrected chi connectivity index (χ4v) is 3.27. The summed E-state index contributed by atoms with van der Waals surface area (Å²) in [5, 5.41) is 7.92. The number of aromatic nitrogens is 4. The molecule has 0 aliphatic heterocycles. The fraction of sp³-hybridized carbons (Fsp3) is 0.389. The quantitative estimate of drug-likeness (QED) is 0.800. The summed E-state index contributed by atoms with van der Waals surface area (Å²) < 4.78 is 1.83. The van der Waals surface area contributed by atoms with Crippen LogP contribution in [0.1, 0.15) is 29.7 Å². The van der Waals surface area contributed by atoms with Gasteiger partial charge in [0.2, 0.25) is 0 Å². The van der Waals surface area contributed by atoms with E-state index < -0.39 is 0 Å². The monoisotopic (exact) mass is 322 g/mol. The molecule has 0 amide bonds. The van der Waals surface area contributed by atoms with E-state index in [2.05, 4.69) is 63.6 Å². The SMILES string of the molecule is CN(C)c1ccc(CNc2c3c(nc4ncnn24)CCCC3)cc1. The van der Waals surface area contributed by atoms with Gasteiger partial charge in [-0.3, -0.25) is 0 Å². The Kier molecular flexibility index (Phi) is 3.80. The number of hydrogen-bond acceptors (Lipinski definition) is 5. The van der Waals surface area contributed by atoms with Crippen molar-refractivity contribution in [3.05, 3.63) is 47.4 Å². The minimum absolute atomic E-state index is 0.682. The van der Waals surface area contributed by atoms with Crippen LogP contribution in [0.3, 0.4) is 0 Å². The minimum Gasteiger partial charge on any atom is -0.378 e. The van der Waals surface area contributed by atoms with Crippen LogP contribution in [0.2, 0.25) is 0 Å². The Balaban J connectivity index is 1.63. The van der Waals surface area contributed by atoms with Crippen molar-refractivity contribution in [1.29, 1.82) is 0 Å². The molecule has 1 aromatic carbocycles. The molecule has 0 spiro atoms. The molecular formula is C18H22N6. The number of hydrogen-bond donors (Lipinski definition) is 1. The smallest absolute Gasteiger partial charge is 0.254 e. The molecule has 24 heavy (non-hydrogen) atoms. The molecule has 124 valence electrons. The lowest BCUT2D eigenvalue weighted by Crippen LogP contribution is -2.15. The van der Waals surface area contributed by atoms with E-state index in [4.69, 9.17) is 0 Å². The summed E-state index contributed by atoms with van der Waals surface area (Å²) in [5.41, 5.74) is 4.92. The number of benzene rings is 1. The summed E-state index contributed by atoms with van der Waals surface area (Å²) in [5.74, 6) is 1.73. The van der Waals surface area contributed by atoms with E-state index in [0.717, 1.165) is 25.2 Å². The van der Waals surface area contributed by atoms with Crippen LogP contribution in [-0.2, 0) is 19.4 Å². The van der Waals surface area contributed by atoms with E-state index in [1.165, 1.54) is 35.3 Å². The molecule has 0 unspecified atom stereocenters. The zero-order valence-corrected chi connectivity index (χ0v) is 14.2. The maximum atomic E-state index is 4.67. The second-order valence-electron chi connectivity index (χ2n) is 6.48. The van der Waals surface area contributed by atoms with E-state index in [-0.39, 0.29) is 0 Å². The molecule has 0 saturated heterocycles. The molecular weight excluding hydrogens is 300 g/mol. The molecule has 1 N–H and O–H groups in total. The van der Waals surface area contributed by atoms with Crippen molar-refractivity contribution >= 4 is 17.3 Å². The Hall–Kier alpha value is -2.63. The van der Waals surface area contributed by atoms with Crippen LogP contribution in [0.15, 0.2) is 30.6 Å². The summed E-state index contributed by atoms with van der Waals surface area (Å²) in [7, 11) is 4.11. The second kappa shape index (κ2) is 6.11. The summed E-state index contributed by atoms with van der Waals surface area (Å²) in [6.07, 6.45) is 6.08. The normalized spacial score (nSPS) is 13.8. The van der Waals surface area contributed by atoms with Gasteiger partial charge in [0.25, 0.3) is 5.78 Å². The number of nitrogens with one attached hydrogen (secondary N) is 1. The molecule has 0 bridgehead atoms. The lowest BCUT2D eigenvalue weighted by molar-refractivity contribution is 0.660. The van der Waals surface area contributed by atoms with Crippen LogP contribution in [0.5, 0.6) is 0 Å². The molecule has 1 aliphatic rings. The average molecular weight is 322 g/mol. The first-order valence-electron chi connectivity index (χ1n) is 8.44. The van der Waals surface area contributed by atoms with E-state index in [9.17, 15) is 0 Å². The molecule has 2 heterocycles. The highest BCUT2D eigenvalue weighted by molar-refractivity contribution is 5.54. The summed E-state index contributed by atoms with van der Waals surface area (Å²) in [6.45, 7) is 0.763. The van der Waals surface area contributed by atoms with Crippen molar-refractivity contribution in [3.8, 4) is 0 Å². The predicted molar refractivity (Wildman–Crippen MR) is 95.5 cm³/mol. The number of fused-ring (bicyclic) bond motifs is 2.